The third-order valence-corrected chi connectivity index (χ3v) is 7.75. The van der Waals surface area contributed by atoms with E-state index in [4.69, 9.17) is 4.74 Å². The van der Waals surface area contributed by atoms with Crippen molar-refractivity contribution in [3.8, 4) is 0 Å². The Morgan fingerprint density at radius 3 is 2.30 bits per heavy atom. The lowest BCUT2D eigenvalue weighted by Crippen LogP contribution is -2.48. The first-order valence-electron chi connectivity index (χ1n) is 10.4. The molecule has 2 fully saturated rings. The van der Waals surface area contributed by atoms with E-state index >= 15 is 0 Å². The van der Waals surface area contributed by atoms with Crippen LogP contribution >= 0.6 is 22.7 Å². The molecule has 2 aliphatic heterocycles. The number of morpholine rings is 1. The Kier molecular flexibility index (Phi) is 6.22. The molecule has 0 N–H and O–H groups in total. The molecule has 0 saturated carbocycles. The summed E-state index contributed by atoms with van der Waals surface area (Å²) in [6.07, 6.45) is 1.83. The lowest BCUT2D eigenvalue weighted by Gasteiger charge is -2.35. The number of carbonyl (C=O) groups is 2. The van der Waals surface area contributed by atoms with Crippen LogP contribution in [0.4, 0.5) is 0 Å². The molecule has 2 saturated heterocycles. The van der Waals surface area contributed by atoms with Gasteiger partial charge in [-0.15, -0.1) is 22.7 Å². The first kappa shape index (κ1) is 21.4. The summed E-state index contributed by atoms with van der Waals surface area (Å²) < 4.78 is 5.73. The van der Waals surface area contributed by atoms with Crippen LogP contribution in [0.2, 0.25) is 0 Å². The van der Waals surface area contributed by atoms with E-state index in [0.29, 0.717) is 37.8 Å². The summed E-state index contributed by atoms with van der Waals surface area (Å²) >= 11 is 3.03. The van der Waals surface area contributed by atoms with Gasteiger partial charge in [-0.3, -0.25) is 9.59 Å². The van der Waals surface area contributed by atoms with Crippen LogP contribution in [0.1, 0.15) is 68.5 Å². The Bertz CT molecular complexity index is 923. The molecule has 2 aromatic rings. The number of hydrogen-bond donors (Lipinski definition) is 0. The number of nitrogens with zero attached hydrogens (tertiary/aromatic N) is 4. The highest BCUT2D eigenvalue weighted by Crippen LogP contribution is 2.32. The van der Waals surface area contributed by atoms with Gasteiger partial charge >= 0.3 is 0 Å². The summed E-state index contributed by atoms with van der Waals surface area (Å²) in [6.45, 7) is 10.4. The second-order valence-corrected chi connectivity index (χ2v) is 10.3. The Morgan fingerprint density at radius 1 is 1.03 bits per heavy atom. The minimum atomic E-state index is -0.0110. The highest BCUT2D eigenvalue weighted by atomic mass is 32.1. The molecular weight excluding hydrogens is 420 g/mol. The van der Waals surface area contributed by atoms with Crippen LogP contribution in [0.5, 0.6) is 0 Å². The van der Waals surface area contributed by atoms with Crippen LogP contribution in [0.15, 0.2) is 5.38 Å². The van der Waals surface area contributed by atoms with Gasteiger partial charge in [0.15, 0.2) is 0 Å². The van der Waals surface area contributed by atoms with Crippen LogP contribution in [-0.2, 0) is 4.74 Å². The van der Waals surface area contributed by atoms with Gasteiger partial charge in [-0.05, 0) is 40.5 Å². The van der Waals surface area contributed by atoms with Gasteiger partial charge in [0.25, 0.3) is 11.8 Å². The van der Waals surface area contributed by atoms with Crippen LogP contribution in [-0.4, -0.2) is 70.0 Å². The first-order chi connectivity index (χ1) is 14.3. The van der Waals surface area contributed by atoms with E-state index in [0.717, 1.165) is 33.4 Å². The van der Waals surface area contributed by atoms with Gasteiger partial charge in [-0.25, -0.2) is 9.97 Å². The summed E-state index contributed by atoms with van der Waals surface area (Å²) in [7, 11) is 0. The van der Waals surface area contributed by atoms with Gasteiger partial charge in [-0.2, -0.15) is 0 Å². The van der Waals surface area contributed by atoms with Crippen molar-refractivity contribution < 1.29 is 14.3 Å². The molecular formula is C21H28N4O3S2. The number of hydrogen-bond acceptors (Lipinski definition) is 7. The van der Waals surface area contributed by atoms with Gasteiger partial charge in [0.2, 0.25) is 0 Å². The largest absolute Gasteiger partial charge is 0.372 e. The molecule has 0 aliphatic carbocycles. The fourth-order valence-corrected chi connectivity index (χ4v) is 6.13. The number of thiazole rings is 2. The molecule has 0 radical (unpaired) electrons. The average molecular weight is 449 g/mol. The highest BCUT2D eigenvalue weighted by Gasteiger charge is 2.31. The van der Waals surface area contributed by atoms with Crippen molar-refractivity contribution in [2.24, 2.45) is 0 Å². The van der Waals surface area contributed by atoms with Crippen molar-refractivity contribution in [1.29, 1.82) is 0 Å². The SMILES string of the molecule is Cc1nc(C)c(C(=O)N2CCC(c3nc(C(=O)N4CC(C)OC(C)C4)cs3)CC2)s1. The third kappa shape index (κ3) is 4.43. The zero-order valence-corrected chi connectivity index (χ0v) is 19.5. The molecule has 0 aromatic carbocycles. The standard InChI is InChI=1S/C21H28N4O3S2/c1-12-9-25(10-13(2)28-12)20(26)17-11-29-19(23-17)16-5-7-24(8-6-16)21(27)18-14(3)22-15(4)30-18/h11-13,16H,5-10H2,1-4H3. The normalized spacial score (nSPS) is 23.1. The Morgan fingerprint density at radius 2 is 1.70 bits per heavy atom. The number of likely N-dealkylation sites (tertiary alicyclic amines) is 1. The van der Waals surface area contributed by atoms with Crippen LogP contribution < -0.4 is 0 Å². The number of carbonyl (C=O) groups excluding carboxylic acids is 2. The van der Waals surface area contributed by atoms with Gasteiger partial charge in [0.1, 0.15) is 10.6 Å². The lowest BCUT2D eigenvalue weighted by molar-refractivity contribution is -0.0587. The van der Waals surface area contributed by atoms with Crippen LogP contribution in [0.25, 0.3) is 0 Å². The van der Waals surface area contributed by atoms with Crippen molar-refractivity contribution in [1.82, 2.24) is 19.8 Å². The Labute approximate surface area is 185 Å². The van der Waals surface area contributed by atoms with Crippen molar-refractivity contribution in [2.45, 2.75) is 58.7 Å². The molecule has 7 nitrogen and oxygen atoms in total. The lowest BCUT2D eigenvalue weighted by atomic mass is 9.97. The highest BCUT2D eigenvalue weighted by molar-refractivity contribution is 7.13. The minimum Gasteiger partial charge on any atom is -0.372 e. The number of rotatable bonds is 3. The topological polar surface area (TPSA) is 75.6 Å². The molecule has 30 heavy (non-hydrogen) atoms. The molecule has 2 aliphatic rings. The Balaban J connectivity index is 1.37. The van der Waals surface area contributed by atoms with E-state index < -0.39 is 0 Å². The minimum absolute atomic E-state index is 0.0110. The predicted molar refractivity (Wildman–Crippen MR) is 117 cm³/mol. The van der Waals surface area contributed by atoms with E-state index in [1.54, 1.807) is 11.3 Å². The molecule has 2 aromatic heterocycles. The molecule has 4 heterocycles. The summed E-state index contributed by atoms with van der Waals surface area (Å²) in [4.78, 5) is 39.3. The maximum Gasteiger partial charge on any atom is 0.273 e. The third-order valence-electron chi connectivity index (χ3n) is 5.68. The molecule has 2 atom stereocenters. The molecule has 4 rings (SSSR count). The maximum absolute atomic E-state index is 12.9. The maximum atomic E-state index is 12.9. The van der Waals surface area contributed by atoms with E-state index in [1.807, 2.05) is 42.9 Å². The molecule has 162 valence electrons. The van der Waals surface area contributed by atoms with Crippen molar-refractivity contribution in [2.75, 3.05) is 26.2 Å². The van der Waals surface area contributed by atoms with Crippen LogP contribution in [0, 0.1) is 13.8 Å². The van der Waals surface area contributed by atoms with E-state index in [9.17, 15) is 9.59 Å². The van der Waals surface area contributed by atoms with Crippen molar-refractivity contribution in [3.05, 3.63) is 31.7 Å². The second kappa shape index (κ2) is 8.72. The predicted octanol–water partition coefficient (Wildman–Crippen LogP) is 3.49. The molecule has 0 bridgehead atoms. The first-order valence-corrected chi connectivity index (χ1v) is 12.1. The monoisotopic (exact) mass is 448 g/mol. The average Bonchev–Trinajstić information content (AvgIpc) is 3.33. The number of aromatic nitrogens is 2. The van der Waals surface area contributed by atoms with Gasteiger partial charge in [0, 0.05) is 37.5 Å². The van der Waals surface area contributed by atoms with E-state index in [2.05, 4.69) is 9.97 Å². The molecule has 2 unspecified atom stereocenters. The number of aryl methyl sites for hydroxylation is 2. The fourth-order valence-electron chi connectivity index (χ4n) is 4.28. The number of amides is 2. The summed E-state index contributed by atoms with van der Waals surface area (Å²) in [5, 5.41) is 3.81. The zero-order valence-electron chi connectivity index (χ0n) is 17.9. The summed E-state index contributed by atoms with van der Waals surface area (Å²) in [5.74, 6) is 0.373. The van der Waals surface area contributed by atoms with Gasteiger partial charge < -0.3 is 14.5 Å². The molecule has 2 amide bonds. The number of piperidine rings is 1. The van der Waals surface area contributed by atoms with Gasteiger partial charge in [-0.1, -0.05) is 0 Å². The number of ether oxygens (including phenoxy) is 1. The van der Waals surface area contributed by atoms with Crippen molar-refractivity contribution >= 4 is 34.5 Å². The molecule has 9 heteroatoms. The van der Waals surface area contributed by atoms with Crippen LogP contribution in [0.3, 0.4) is 0 Å². The van der Waals surface area contributed by atoms with E-state index in [-0.39, 0.29) is 24.0 Å². The van der Waals surface area contributed by atoms with Crippen molar-refractivity contribution in [3.63, 3.8) is 0 Å². The molecule has 0 spiro atoms. The zero-order chi connectivity index (χ0) is 21.4. The Hall–Kier alpha value is -1.84. The summed E-state index contributed by atoms with van der Waals surface area (Å²) in [6, 6.07) is 0. The second-order valence-electron chi connectivity index (χ2n) is 8.25. The smallest absolute Gasteiger partial charge is 0.273 e. The van der Waals surface area contributed by atoms with Gasteiger partial charge in [0.05, 0.1) is 27.9 Å². The summed E-state index contributed by atoms with van der Waals surface area (Å²) in [5.41, 5.74) is 1.35. The van der Waals surface area contributed by atoms with E-state index in [1.165, 1.54) is 11.3 Å². The quantitative estimate of drug-likeness (QED) is 0.719. The fraction of sp³-hybridized carbons (Fsp3) is 0.619.